The maximum Gasteiger partial charge on any atom is 0.225 e. The van der Waals surface area contributed by atoms with Gasteiger partial charge in [-0.3, -0.25) is 4.79 Å². The Bertz CT molecular complexity index is 599. The number of ether oxygens (including phenoxy) is 1. The SMILES string of the molecule is CC(C)Oc1ccccc1NC(=O)CCSc1ccccc1. The lowest BCUT2D eigenvalue weighted by Gasteiger charge is -2.14. The molecule has 0 heterocycles. The minimum absolute atomic E-state index is 0.00300. The fourth-order valence-corrected chi connectivity index (χ4v) is 2.79. The highest BCUT2D eigenvalue weighted by molar-refractivity contribution is 7.99. The van der Waals surface area contributed by atoms with E-state index in [1.165, 1.54) is 4.90 Å². The van der Waals surface area contributed by atoms with Crippen molar-refractivity contribution < 1.29 is 9.53 Å². The Hall–Kier alpha value is -1.94. The van der Waals surface area contributed by atoms with E-state index in [0.717, 1.165) is 11.4 Å². The molecule has 3 nitrogen and oxygen atoms in total. The summed E-state index contributed by atoms with van der Waals surface area (Å²) in [5.74, 6) is 1.47. The molecular weight excluding hydrogens is 294 g/mol. The van der Waals surface area contributed by atoms with Gasteiger partial charge in [0.15, 0.2) is 0 Å². The predicted octanol–water partition coefficient (Wildman–Crippen LogP) is 4.59. The highest BCUT2D eigenvalue weighted by Crippen LogP contribution is 2.25. The molecular formula is C18H21NO2S. The van der Waals surface area contributed by atoms with E-state index in [-0.39, 0.29) is 12.0 Å². The van der Waals surface area contributed by atoms with Gasteiger partial charge in [0.25, 0.3) is 0 Å². The van der Waals surface area contributed by atoms with E-state index >= 15 is 0 Å². The average molecular weight is 315 g/mol. The second kappa shape index (κ2) is 8.49. The second-order valence-corrected chi connectivity index (χ2v) is 6.29. The van der Waals surface area contributed by atoms with Crippen LogP contribution in [0.15, 0.2) is 59.5 Å². The van der Waals surface area contributed by atoms with Crippen molar-refractivity contribution >= 4 is 23.4 Å². The summed E-state index contributed by atoms with van der Waals surface area (Å²) in [4.78, 5) is 13.2. The molecule has 0 atom stereocenters. The zero-order chi connectivity index (χ0) is 15.8. The minimum atomic E-state index is 0.00300. The quantitative estimate of drug-likeness (QED) is 0.759. The molecule has 4 heteroatoms. The first-order valence-electron chi connectivity index (χ1n) is 7.38. The number of rotatable bonds is 7. The van der Waals surface area contributed by atoms with Gasteiger partial charge in [-0.15, -0.1) is 11.8 Å². The molecule has 116 valence electrons. The first kappa shape index (κ1) is 16.4. The van der Waals surface area contributed by atoms with Crippen LogP contribution in [0.1, 0.15) is 20.3 Å². The molecule has 0 saturated carbocycles. The number of anilines is 1. The van der Waals surface area contributed by atoms with E-state index in [4.69, 9.17) is 4.74 Å². The van der Waals surface area contributed by atoms with Crippen molar-refractivity contribution in [1.82, 2.24) is 0 Å². The Balaban J connectivity index is 1.84. The van der Waals surface area contributed by atoms with Gasteiger partial charge in [-0.2, -0.15) is 0 Å². The van der Waals surface area contributed by atoms with Gasteiger partial charge >= 0.3 is 0 Å². The summed E-state index contributed by atoms with van der Waals surface area (Å²) in [6.07, 6.45) is 0.543. The Morgan fingerprint density at radius 1 is 1.09 bits per heavy atom. The number of nitrogens with one attached hydrogen (secondary N) is 1. The molecule has 0 bridgehead atoms. The van der Waals surface area contributed by atoms with Crippen LogP contribution in [0.3, 0.4) is 0 Å². The number of para-hydroxylation sites is 2. The maximum absolute atomic E-state index is 12.1. The van der Waals surface area contributed by atoms with Crippen molar-refractivity contribution in [3.05, 3.63) is 54.6 Å². The van der Waals surface area contributed by atoms with E-state index in [1.807, 2.05) is 68.4 Å². The molecule has 1 N–H and O–H groups in total. The molecule has 0 aromatic heterocycles. The normalized spacial score (nSPS) is 10.5. The molecule has 0 radical (unpaired) electrons. The molecule has 0 aliphatic carbocycles. The van der Waals surface area contributed by atoms with Crippen molar-refractivity contribution in [2.24, 2.45) is 0 Å². The van der Waals surface area contributed by atoms with E-state index in [0.29, 0.717) is 12.2 Å². The first-order valence-corrected chi connectivity index (χ1v) is 8.37. The van der Waals surface area contributed by atoms with E-state index in [1.54, 1.807) is 11.8 Å². The van der Waals surface area contributed by atoms with Crippen LogP contribution in [-0.2, 0) is 4.79 Å². The van der Waals surface area contributed by atoms with Crippen LogP contribution in [-0.4, -0.2) is 17.8 Å². The van der Waals surface area contributed by atoms with Crippen molar-refractivity contribution in [3.8, 4) is 5.75 Å². The van der Waals surface area contributed by atoms with Gasteiger partial charge in [-0.05, 0) is 38.1 Å². The zero-order valence-electron chi connectivity index (χ0n) is 12.9. The van der Waals surface area contributed by atoms with Crippen LogP contribution in [0, 0.1) is 0 Å². The summed E-state index contributed by atoms with van der Waals surface area (Å²) in [6, 6.07) is 17.6. The van der Waals surface area contributed by atoms with Gasteiger partial charge in [0.1, 0.15) is 5.75 Å². The number of carbonyl (C=O) groups is 1. The third kappa shape index (κ3) is 5.45. The lowest BCUT2D eigenvalue weighted by Crippen LogP contribution is -2.14. The molecule has 0 fully saturated rings. The summed E-state index contributed by atoms with van der Waals surface area (Å²) < 4.78 is 5.70. The van der Waals surface area contributed by atoms with Gasteiger partial charge < -0.3 is 10.1 Å². The third-order valence-electron chi connectivity index (χ3n) is 2.86. The van der Waals surface area contributed by atoms with E-state index in [9.17, 15) is 4.79 Å². The summed E-state index contributed by atoms with van der Waals surface area (Å²) in [5, 5.41) is 2.92. The second-order valence-electron chi connectivity index (χ2n) is 5.12. The molecule has 0 aliphatic rings. The van der Waals surface area contributed by atoms with Crippen LogP contribution < -0.4 is 10.1 Å². The Labute approximate surface area is 136 Å². The topological polar surface area (TPSA) is 38.3 Å². The highest BCUT2D eigenvalue weighted by Gasteiger charge is 2.08. The standard InChI is InChI=1S/C18H21NO2S/c1-14(2)21-17-11-7-6-10-16(17)19-18(20)12-13-22-15-8-4-3-5-9-15/h3-11,14H,12-13H2,1-2H3,(H,19,20). The molecule has 22 heavy (non-hydrogen) atoms. The molecule has 2 aromatic carbocycles. The minimum Gasteiger partial charge on any atom is -0.489 e. The number of hydrogen-bond acceptors (Lipinski definition) is 3. The molecule has 0 spiro atoms. The van der Waals surface area contributed by atoms with Gasteiger partial charge in [0, 0.05) is 17.1 Å². The summed E-state index contributed by atoms with van der Waals surface area (Å²) in [5.41, 5.74) is 0.728. The van der Waals surface area contributed by atoms with Gasteiger partial charge in [0.05, 0.1) is 11.8 Å². The zero-order valence-corrected chi connectivity index (χ0v) is 13.7. The van der Waals surface area contributed by atoms with Crippen molar-refractivity contribution in [1.29, 1.82) is 0 Å². The maximum atomic E-state index is 12.1. The third-order valence-corrected chi connectivity index (χ3v) is 3.88. The number of thioether (sulfide) groups is 1. The first-order chi connectivity index (χ1) is 10.6. The number of carbonyl (C=O) groups excluding carboxylic acids is 1. The lowest BCUT2D eigenvalue weighted by atomic mass is 10.2. The smallest absolute Gasteiger partial charge is 0.225 e. The van der Waals surface area contributed by atoms with Gasteiger partial charge in [-0.25, -0.2) is 0 Å². The van der Waals surface area contributed by atoms with Crippen LogP contribution >= 0.6 is 11.8 Å². The molecule has 0 aliphatic heterocycles. The van der Waals surface area contributed by atoms with Crippen molar-refractivity contribution in [2.45, 2.75) is 31.3 Å². The predicted molar refractivity (Wildman–Crippen MR) is 92.6 cm³/mol. The van der Waals surface area contributed by atoms with E-state index in [2.05, 4.69) is 5.32 Å². The average Bonchev–Trinajstić information content (AvgIpc) is 2.50. The van der Waals surface area contributed by atoms with Crippen molar-refractivity contribution in [2.75, 3.05) is 11.1 Å². The summed E-state index contributed by atoms with van der Waals surface area (Å²) >= 11 is 1.68. The van der Waals surface area contributed by atoms with Crippen LogP contribution in [0.4, 0.5) is 5.69 Å². The largest absolute Gasteiger partial charge is 0.489 e. The van der Waals surface area contributed by atoms with Crippen LogP contribution in [0.5, 0.6) is 5.75 Å². The van der Waals surface area contributed by atoms with Crippen LogP contribution in [0.2, 0.25) is 0 Å². The molecule has 1 amide bonds. The summed E-state index contributed by atoms with van der Waals surface area (Å²) in [7, 11) is 0. The monoisotopic (exact) mass is 315 g/mol. The number of benzene rings is 2. The number of hydrogen-bond donors (Lipinski definition) is 1. The fourth-order valence-electron chi connectivity index (χ4n) is 1.92. The fraction of sp³-hybridized carbons (Fsp3) is 0.278. The molecule has 2 aromatic rings. The Kier molecular flexibility index (Phi) is 6.34. The van der Waals surface area contributed by atoms with E-state index < -0.39 is 0 Å². The van der Waals surface area contributed by atoms with Gasteiger partial charge in [-0.1, -0.05) is 30.3 Å². The molecule has 2 rings (SSSR count). The number of amides is 1. The Morgan fingerprint density at radius 2 is 1.77 bits per heavy atom. The van der Waals surface area contributed by atoms with Crippen molar-refractivity contribution in [3.63, 3.8) is 0 Å². The van der Waals surface area contributed by atoms with Gasteiger partial charge in [0.2, 0.25) is 5.91 Å². The summed E-state index contributed by atoms with van der Waals surface area (Å²) in [6.45, 7) is 3.93. The van der Waals surface area contributed by atoms with Crippen LogP contribution in [0.25, 0.3) is 0 Å². The molecule has 0 saturated heterocycles. The Morgan fingerprint density at radius 3 is 2.50 bits per heavy atom. The highest BCUT2D eigenvalue weighted by atomic mass is 32.2. The lowest BCUT2D eigenvalue weighted by molar-refractivity contribution is -0.115. The molecule has 0 unspecified atom stereocenters.